The SMILES string of the molecule is CN(C)Cc1cccnc1Oc1ccc(Cl)cc1.Cl. The summed E-state index contributed by atoms with van der Waals surface area (Å²) in [7, 11) is 4.03. The van der Waals surface area contributed by atoms with Crippen LogP contribution in [0.2, 0.25) is 5.02 Å². The molecule has 1 aromatic carbocycles. The van der Waals surface area contributed by atoms with Crippen LogP contribution in [0.25, 0.3) is 0 Å². The van der Waals surface area contributed by atoms with Gasteiger partial charge in [-0.25, -0.2) is 4.98 Å². The molecule has 0 radical (unpaired) electrons. The van der Waals surface area contributed by atoms with Gasteiger partial charge < -0.3 is 9.64 Å². The Hall–Kier alpha value is -1.29. The third kappa shape index (κ3) is 4.71. The van der Waals surface area contributed by atoms with Gasteiger partial charge in [0.25, 0.3) is 0 Å². The first-order valence-electron chi connectivity index (χ1n) is 5.67. The number of hydrogen-bond donors (Lipinski definition) is 0. The van der Waals surface area contributed by atoms with Crippen molar-refractivity contribution in [3.63, 3.8) is 0 Å². The summed E-state index contributed by atoms with van der Waals surface area (Å²) in [6, 6.07) is 11.2. The second-order valence-electron chi connectivity index (χ2n) is 4.26. The minimum absolute atomic E-state index is 0. The van der Waals surface area contributed by atoms with Crippen molar-refractivity contribution in [2.24, 2.45) is 0 Å². The molecule has 0 spiro atoms. The minimum Gasteiger partial charge on any atom is -0.439 e. The van der Waals surface area contributed by atoms with E-state index in [1.807, 2.05) is 38.4 Å². The molecule has 0 aliphatic rings. The van der Waals surface area contributed by atoms with Gasteiger partial charge in [-0.05, 0) is 44.4 Å². The second kappa shape index (κ2) is 7.34. The van der Waals surface area contributed by atoms with E-state index in [1.54, 1.807) is 18.3 Å². The van der Waals surface area contributed by atoms with Crippen LogP contribution >= 0.6 is 24.0 Å². The van der Waals surface area contributed by atoms with E-state index < -0.39 is 0 Å². The molecule has 0 N–H and O–H groups in total. The zero-order chi connectivity index (χ0) is 13.0. The summed E-state index contributed by atoms with van der Waals surface area (Å²) in [5.74, 6) is 1.37. The molecule has 0 unspecified atom stereocenters. The summed E-state index contributed by atoms with van der Waals surface area (Å²) in [4.78, 5) is 6.34. The lowest BCUT2D eigenvalue weighted by molar-refractivity contribution is 0.383. The van der Waals surface area contributed by atoms with E-state index in [4.69, 9.17) is 16.3 Å². The van der Waals surface area contributed by atoms with Gasteiger partial charge in [-0.15, -0.1) is 12.4 Å². The summed E-state index contributed by atoms with van der Waals surface area (Å²) < 4.78 is 5.77. The smallest absolute Gasteiger partial charge is 0.223 e. The number of nitrogens with zero attached hydrogens (tertiary/aromatic N) is 2. The van der Waals surface area contributed by atoms with Crippen molar-refractivity contribution in [2.45, 2.75) is 6.54 Å². The van der Waals surface area contributed by atoms with Crippen molar-refractivity contribution in [3.05, 3.63) is 53.2 Å². The molecule has 0 amide bonds. The topological polar surface area (TPSA) is 25.4 Å². The molecule has 0 aliphatic carbocycles. The summed E-state index contributed by atoms with van der Waals surface area (Å²) in [6.45, 7) is 0.788. The Balaban J connectivity index is 0.00000180. The van der Waals surface area contributed by atoms with Gasteiger partial charge in [0.15, 0.2) is 0 Å². The molecule has 2 aromatic rings. The van der Waals surface area contributed by atoms with Crippen molar-refractivity contribution in [1.82, 2.24) is 9.88 Å². The highest BCUT2D eigenvalue weighted by Crippen LogP contribution is 2.24. The summed E-state index contributed by atoms with van der Waals surface area (Å²) >= 11 is 5.84. The maximum atomic E-state index is 5.84. The van der Waals surface area contributed by atoms with Crippen molar-refractivity contribution in [2.75, 3.05) is 14.1 Å². The molecule has 19 heavy (non-hydrogen) atoms. The lowest BCUT2D eigenvalue weighted by Crippen LogP contribution is -2.11. The average molecular weight is 299 g/mol. The van der Waals surface area contributed by atoms with Crippen molar-refractivity contribution in [3.8, 4) is 11.6 Å². The average Bonchev–Trinajstić information content (AvgIpc) is 2.34. The fourth-order valence-corrected chi connectivity index (χ4v) is 1.72. The molecule has 0 fully saturated rings. The standard InChI is InChI=1S/C14H15ClN2O.ClH/c1-17(2)10-11-4-3-9-16-14(11)18-13-7-5-12(15)6-8-13;/h3-9H,10H2,1-2H3;1H. The Morgan fingerprint density at radius 1 is 1.16 bits per heavy atom. The molecule has 0 bridgehead atoms. The van der Waals surface area contributed by atoms with Gasteiger partial charge in [0.2, 0.25) is 5.88 Å². The third-order valence-electron chi connectivity index (χ3n) is 2.36. The van der Waals surface area contributed by atoms with Crippen molar-refractivity contribution >= 4 is 24.0 Å². The van der Waals surface area contributed by atoms with Crippen molar-refractivity contribution < 1.29 is 4.74 Å². The van der Waals surface area contributed by atoms with Crippen molar-refractivity contribution in [1.29, 1.82) is 0 Å². The van der Waals surface area contributed by atoms with E-state index in [2.05, 4.69) is 9.88 Å². The van der Waals surface area contributed by atoms with E-state index >= 15 is 0 Å². The van der Waals surface area contributed by atoms with Crippen LogP contribution in [-0.4, -0.2) is 24.0 Å². The zero-order valence-corrected chi connectivity index (χ0v) is 12.4. The van der Waals surface area contributed by atoms with Gasteiger partial charge in [0, 0.05) is 23.3 Å². The number of rotatable bonds is 4. The largest absolute Gasteiger partial charge is 0.439 e. The lowest BCUT2D eigenvalue weighted by atomic mass is 10.2. The second-order valence-corrected chi connectivity index (χ2v) is 4.70. The number of pyridine rings is 1. The first-order chi connectivity index (χ1) is 8.65. The molecule has 2 rings (SSSR count). The number of aromatic nitrogens is 1. The highest BCUT2D eigenvalue weighted by molar-refractivity contribution is 6.30. The van der Waals surface area contributed by atoms with Crippen LogP contribution in [0.3, 0.4) is 0 Å². The number of hydrogen-bond acceptors (Lipinski definition) is 3. The predicted octanol–water partition coefficient (Wildman–Crippen LogP) is 4.01. The fourth-order valence-electron chi connectivity index (χ4n) is 1.59. The van der Waals surface area contributed by atoms with Crippen LogP contribution < -0.4 is 4.74 Å². The first kappa shape index (κ1) is 15.8. The van der Waals surface area contributed by atoms with Crippen LogP contribution in [0.4, 0.5) is 0 Å². The van der Waals surface area contributed by atoms with Gasteiger partial charge in [0.1, 0.15) is 5.75 Å². The fraction of sp³-hybridized carbons (Fsp3) is 0.214. The molecule has 1 aromatic heterocycles. The summed E-state index contributed by atoms with van der Waals surface area (Å²) in [6.07, 6.45) is 1.73. The molecule has 102 valence electrons. The molecule has 0 saturated heterocycles. The van der Waals surface area contributed by atoms with Crippen LogP contribution in [-0.2, 0) is 6.54 Å². The maximum absolute atomic E-state index is 5.84. The Morgan fingerprint density at radius 3 is 2.47 bits per heavy atom. The molecular weight excluding hydrogens is 283 g/mol. The maximum Gasteiger partial charge on any atom is 0.223 e. The van der Waals surface area contributed by atoms with E-state index in [-0.39, 0.29) is 12.4 Å². The monoisotopic (exact) mass is 298 g/mol. The quantitative estimate of drug-likeness (QED) is 0.853. The van der Waals surface area contributed by atoms with Gasteiger partial charge in [-0.1, -0.05) is 17.7 Å². The minimum atomic E-state index is 0. The van der Waals surface area contributed by atoms with E-state index in [0.717, 1.165) is 17.9 Å². The number of benzene rings is 1. The van der Waals surface area contributed by atoms with Crippen LogP contribution in [0.15, 0.2) is 42.6 Å². The lowest BCUT2D eigenvalue weighted by Gasteiger charge is -2.13. The zero-order valence-electron chi connectivity index (χ0n) is 10.8. The Kier molecular flexibility index (Phi) is 6.09. The Labute approximate surface area is 124 Å². The van der Waals surface area contributed by atoms with E-state index in [0.29, 0.717) is 10.9 Å². The van der Waals surface area contributed by atoms with Gasteiger partial charge in [-0.2, -0.15) is 0 Å². The van der Waals surface area contributed by atoms with Gasteiger partial charge in [0.05, 0.1) is 0 Å². The van der Waals surface area contributed by atoms with Crippen LogP contribution in [0.5, 0.6) is 11.6 Å². The molecule has 0 atom stereocenters. The molecule has 3 nitrogen and oxygen atoms in total. The third-order valence-corrected chi connectivity index (χ3v) is 2.62. The van der Waals surface area contributed by atoms with Gasteiger partial charge >= 0.3 is 0 Å². The van der Waals surface area contributed by atoms with Crippen LogP contribution in [0.1, 0.15) is 5.56 Å². The van der Waals surface area contributed by atoms with Crippen LogP contribution in [0, 0.1) is 0 Å². The molecule has 5 heteroatoms. The van der Waals surface area contributed by atoms with E-state index in [9.17, 15) is 0 Å². The highest BCUT2D eigenvalue weighted by Gasteiger charge is 2.06. The first-order valence-corrected chi connectivity index (χ1v) is 6.05. The predicted molar refractivity (Wildman–Crippen MR) is 80.4 cm³/mol. The molecular formula is C14H16Cl2N2O. The number of halogens is 2. The molecule has 0 aliphatic heterocycles. The number of ether oxygens (including phenoxy) is 1. The van der Waals surface area contributed by atoms with Gasteiger partial charge in [-0.3, -0.25) is 0 Å². The summed E-state index contributed by atoms with van der Waals surface area (Å²) in [5, 5.41) is 0.692. The Bertz CT molecular complexity index is 515. The summed E-state index contributed by atoms with van der Waals surface area (Å²) in [5.41, 5.74) is 1.05. The molecule has 0 saturated carbocycles. The normalized spacial score (nSPS) is 10.1. The Morgan fingerprint density at radius 2 is 1.84 bits per heavy atom. The molecule has 1 heterocycles. The highest BCUT2D eigenvalue weighted by atomic mass is 35.5. The van der Waals surface area contributed by atoms with E-state index in [1.165, 1.54) is 0 Å².